The van der Waals surface area contributed by atoms with E-state index in [1.807, 2.05) is 65.0 Å². The normalized spacial score (nSPS) is 19.6. The summed E-state index contributed by atoms with van der Waals surface area (Å²) < 4.78 is 5.78. The number of piperazine rings is 1. The number of benzene rings is 1. The molecule has 8 nitrogen and oxygen atoms in total. The zero-order valence-electron chi connectivity index (χ0n) is 19.9. The lowest BCUT2D eigenvalue weighted by molar-refractivity contribution is -0.167. The number of hydrogen-bond acceptors (Lipinski definition) is 6. The van der Waals surface area contributed by atoms with E-state index >= 15 is 0 Å². The number of ether oxygens (including phenoxy) is 1. The van der Waals surface area contributed by atoms with E-state index < -0.39 is 23.1 Å². The topological polar surface area (TPSA) is 99.2 Å². The van der Waals surface area contributed by atoms with Crippen molar-refractivity contribution in [3.05, 3.63) is 35.9 Å². The summed E-state index contributed by atoms with van der Waals surface area (Å²) in [6, 6.07) is 9.85. The minimum Gasteiger partial charge on any atom is -0.481 e. The van der Waals surface area contributed by atoms with E-state index in [1.54, 1.807) is 4.90 Å². The van der Waals surface area contributed by atoms with Crippen LogP contribution < -0.4 is 5.32 Å². The standard InChI is InChI=1S/C24H37N3O5/c1-18(2)27(20(28)11-12-21(29)30)17-24(22(31)32-23(3,4)5)16-26(14-13-25-24)15-19-9-7-6-8-10-19/h6-10,18,25H,11-17H2,1-5H3,(H,29,30)/t24-/m0/s1. The number of carbonyl (C=O) groups excluding carboxylic acids is 2. The molecular formula is C24H37N3O5. The van der Waals surface area contributed by atoms with Crippen molar-refractivity contribution < 1.29 is 24.2 Å². The van der Waals surface area contributed by atoms with Crippen molar-refractivity contribution in [3.8, 4) is 0 Å². The average molecular weight is 448 g/mol. The molecule has 1 aliphatic heterocycles. The molecule has 1 saturated heterocycles. The Balaban J connectivity index is 2.29. The molecule has 8 heteroatoms. The second-order valence-corrected chi connectivity index (χ2v) is 9.72. The number of carboxylic acid groups (broad SMARTS) is 1. The highest BCUT2D eigenvalue weighted by Crippen LogP contribution is 2.23. The number of hydrogen-bond donors (Lipinski definition) is 2. The first-order chi connectivity index (χ1) is 14.9. The first-order valence-corrected chi connectivity index (χ1v) is 11.2. The Hall–Kier alpha value is -2.45. The minimum absolute atomic E-state index is 0.106. The Morgan fingerprint density at radius 3 is 2.41 bits per heavy atom. The zero-order chi connectivity index (χ0) is 23.9. The molecule has 1 heterocycles. The predicted octanol–water partition coefficient (Wildman–Crippen LogP) is 2.27. The van der Waals surface area contributed by atoms with Crippen molar-refractivity contribution in [3.63, 3.8) is 0 Å². The van der Waals surface area contributed by atoms with Crippen LogP contribution in [0.3, 0.4) is 0 Å². The SMILES string of the molecule is CC(C)N(C[C@]1(C(=O)OC(C)(C)C)CN(Cc2ccccc2)CCN1)C(=O)CCC(=O)O. The molecule has 1 aromatic carbocycles. The maximum Gasteiger partial charge on any atom is 0.330 e. The minimum atomic E-state index is -1.11. The maximum absolute atomic E-state index is 13.4. The monoisotopic (exact) mass is 447 g/mol. The highest BCUT2D eigenvalue weighted by atomic mass is 16.6. The highest BCUT2D eigenvalue weighted by Gasteiger charge is 2.47. The van der Waals surface area contributed by atoms with Crippen LogP contribution in [0.15, 0.2) is 30.3 Å². The average Bonchev–Trinajstić information content (AvgIpc) is 2.70. The zero-order valence-corrected chi connectivity index (χ0v) is 19.9. The van der Waals surface area contributed by atoms with E-state index in [0.29, 0.717) is 19.6 Å². The van der Waals surface area contributed by atoms with Gasteiger partial charge in [0.05, 0.1) is 13.0 Å². The molecule has 0 saturated carbocycles. The van der Waals surface area contributed by atoms with Gasteiger partial charge in [-0.05, 0) is 40.2 Å². The van der Waals surface area contributed by atoms with Crippen LogP contribution in [0.1, 0.15) is 53.0 Å². The number of carbonyl (C=O) groups is 3. The van der Waals surface area contributed by atoms with Crippen LogP contribution in [-0.2, 0) is 25.7 Å². The van der Waals surface area contributed by atoms with Gasteiger partial charge < -0.3 is 14.7 Å². The third-order valence-electron chi connectivity index (χ3n) is 5.36. The Morgan fingerprint density at radius 2 is 1.84 bits per heavy atom. The van der Waals surface area contributed by atoms with Crippen molar-refractivity contribution in [2.75, 3.05) is 26.2 Å². The van der Waals surface area contributed by atoms with Gasteiger partial charge in [0.25, 0.3) is 0 Å². The van der Waals surface area contributed by atoms with Crippen molar-refractivity contribution in [2.45, 2.75) is 71.2 Å². The van der Waals surface area contributed by atoms with Crippen LogP contribution in [0.4, 0.5) is 0 Å². The lowest BCUT2D eigenvalue weighted by Gasteiger charge is -2.45. The number of nitrogens with zero attached hydrogens (tertiary/aromatic N) is 2. The van der Waals surface area contributed by atoms with Crippen LogP contribution in [0.2, 0.25) is 0 Å². The van der Waals surface area contributed by atoms with Gasteiger partial charge in [0.15, 0.2) is 0 Å². The van der Waals surface area contributed by atoms with Gasteiger partial charge in [-0.2, -0.15) is 0 Å². The summed E-state index contributed by atoms with van der Waals surface area (Å²) in [5, 5.41) is 12.3. The predicted molar refractivity (Wildman–Crippen MR) is 122 cm³/mol. The van der Waals surface area contributed by atoms with E-state index in [2.05, 4.69) is 10.2 Å². The maximum atomic E-state index is 13.4. The quantitative estimate of drug-likeness (QED) is 0.560. The van der Waals surface area contributed by atoms with Crippen LogP contribution in [0.25, 0.3) is 0 Å². The van der Waals surface area contributed by atoms with E-state index in [1.165, 1.54) is 0 Å². The molecule has 1 amide bonds. The Labute approximate surface area is 190 Å². The summed E-state index contributed by atoms with van der Waals surface area (Å²) in [5.74, 6) is -1.71. The van der Waals surface area contributed by atoms with Crippen molar-refractivity contribution in [1.82, 2.24) is 15.1 Å². The number of amides is 1. The summed E-state index contributed by atoms with van der Waals surface area (Å²) in [5.41, 5.74) is -0.641. The first-order valence-electron chi connectivity index (χ1n) is 11.2. The summed E-state index contributed by atoms with van der Waals surface area (Å²) in [6.45, 7) is 11.7. The molecule has 0 aliphatic carbocycles. The van der Waals surface area contributed by atoms with Gasteiger partial charge in [-0.1, -0.05) is 30.3 Å². The number of nitrogens with one attached hydrogen (secondary N) is 1. The molecule has 1 atom stereocenters. The van der Waals surface area contributed by atoms with E-state index in [9.17, 15) is 14.4 Å². The molecule has 2 N–H and O–H groups in total. The second kappa shape index (κ2) is 10.9. The fraction of sp³-hybridized carbons (Fsp3) is 0.625. The molecule has 0 bridgehead atoms. The second-order valence-electron chi connectivity index (χ2n) is 9.72. The number of carboxylic acids is 1. The molecule has 32 heavy (non-hydrogen) atoms. The lowest BCUT2D eigenvalue weighted by atomic mass is 9.93. The Bertz CT molecular complexity index is 791. The van der Waals surface area contributed by atoms with Gasteiger partial charge in [0.2, 0.25) is 5.91 Å². The summed E-state index contributed by atoms with van der Waals surface area (Å²) in [4.78, 5) is 41.0. The molecule has 1 aromatic rings. The van der Waals surface area contributed by atoms with Crippen LogP contribution in [0.5, 0.6) is 0 Å². The molecule has 2 rings (SSSR count). The van der Waals surface area contributed by atoms with Gasteiger partial charge >= 0.3 is 11.9 Å². The molecule has 1 fully saturated rings. The smallest absolute Gasteiger partial charge is 0.330 e. The Kier molecular flexibility index (Phi) is 8.81. The number of rotatable bonds is 9. The van der Waals surface area contributed by atoms with Crippen molar-refractivity contribution in [2.24, 2.45) is 0 Å². The van der Waals surface area contributed by atoms with Crippen molar-refractivity contribution in [1.29, 1.82) is 0 Å². The number of esters is 1. The largest absolute Gasteiger partial charge is 0.481 e. The van der Waals surface area contributed by atoms with E-state index in [0.717, 1.165) is 12.1 Å². The van der Waals surface area contributed by atoms with Gasteiger partial charge in [-0.15, -0.1) is 0 Å². The fourth-order valence-electron chi connectivity index (χ4n) is 3.84. The van der Waals surface area contributed by atoms with Gasteiger partial charge in [-0.25, -0.2) is 4.79 Å². The summed E-state index contributed by atoms with van der Waals surface area (Å²) in [7, 11) is 0. The highest BCUT2D eigenvalue weighted by molar-refractivity contribution is 5.85. The third kappa shape index (κ3) is 7.60. The molecular weight excluding hydrogens is 410 g/mol. The lowest BCUT2D eigenvalue weighted by Crippen LogP contribution is -2.70. The summed E-state index contributed by atoms with van der Waals surface area (Å²) >= 11 is 0. The third-order valence-corrected chi connectivity index (χ3v) is 5.36. The Morgan fingerprint density at radius 1 is 1.19 bits per heavy atom. The van der Waals surface area contributed by atoms with Crippen molar-refractivity contribution >= 4 is 17.8 Å². The van der Waals surface area contributed by atoms with Gasteiger partial charge in [0, 0.05) is 38.6 Å². The molecule has 0 unspecified atom stereocenters. The van der Waals surface area contributed by atoms with Crippen LogP contribution >= 0.6 is 0 Å². The summed E-state index contributed by atoms with van der Waals surface area (Å²) in [6.07, 6.45) is -0.347. The van der Waals surface area contributed by atoms with Crippen LogP contribution in [0, 0.1) is 0 Å². The molecule has 1 aliphatic rings. The van der Waals surface area contributed by atoms with Gasteiger partial charge in [-0.3, -0.25) is 19.8 Å². The molecule has 0 spiro atoms. The molecule has 178 valence electrons. The van der Waals surface area contributed by atoms with Crippen LogP contribution in [-0.4, -0.2) is 76.1 Å². The van der Waals surface area contributed by atoms with Gasteiger partial charge in [0.1, 0.15) is 11.1 Å². The number of aliphatic carboxylic acids is 1. The molecule has 0 aromatic heterocycles. The molecule has 0 radical (unpaired) electrons. The fourth-order valence-corrected chi connectivity index (χ4v) is 3.84. The van der Waals surface area contributed by atoms with E-state index in [-0.39, 0.29) is 31.3 Å². The van der Waals surface area contributed by atoms with E-state index in [4.69, 9.17) is 9.84 Å². The first kappa shape index (κ1) is 25.8.